The van der Waals surface area contributed by atoms with E-state index in [2.05, 4.69) is 0 Å². The Kier molecular flexibility index (Phi) is 7.36. The maximum Gasteiger partial charge on any atom is 0.129 e. The van der Waals surface area contributed by atoms with Gasteiger partial charge in [-0.3, -0.25) is 0 Å². The molecule has 0 spiro atoms. The number of ether oxygens (including phenoxy) is 4. The average Bonchev–Trinajstić information content (AvgIpc) is 2.66. The molecule has 0 heterocycles. The molecule has 5 nitrogen and oxygen atoms in total. The van der Waals surface area contributed by atoms with E-state index in [0.717, 1.165) is 5.56 Å². The minimum absolute atomic E-state index is 0.505. The van der Waals surface area contributed by atoms with E-state index in [0.29, 0.717) is 41.8 Å². The first-order chi connectivity index (χ1) is 12.6. The second-order valence-electron chi connectivity index (χ2n) is 5.48. The fourth-order valence-corrected chi connectivity index (χ4v) is 2.55. The normalized spacial score (nSPS) is 12.0. The van der Waals surface area contributed by atoms with Gasteiger partial charge < -0.3 is 24.1 Å². The molecule has 2 rings (SSSR count). The van der Waals surface area contributed by atoms with Crippen LogP contribution in [0.5, 0.6) is 23.0 Å². The quantitative estimate of drug-likeness (QED) is 0.726. The van der Waals surface area contributed by atoms with E-state index in [9.17, 15) is 5.11 Å². The zero-order valence-corrected chi connectivity index (χ0v) is 15.7. The molecule has 0 bridgehead atoms. The molecule has 0 aliphatic rings. The van der Waals surface area contributed by atoms with Crippen molar-refractivity contribution in [2.75, 3.05) is 27.4 Å². The van der Waals surface area contributed by atoms with Crippen LogP contribution in [0.4, 0.5) is 0 Å². The van der Waals surface area contributed by atoms with Crippen molar-refractivity contribution in [3.8, 4) is 23.0 Å². The summed E-state index contributed by atoms with van der Waals surface area (Å²) in [5.74, 6) is 2.71. The Morgan fingerprint density at radius 1 is 0.885 bits per heavy atom. The molecule has 0 fully saturated rings. The van der Waals surface area contributed by atoms with Gasteiger partial charge in [0.25, 0.3) is 0 Å². The largest absolute Gasteiger partial charge is 0.497 e. The van der Waals surface area contributed by atoms with Crippen molar-refractivity contribution >= 4 is 6.08 Å². The lowest BCUT2D eigenvalue weighted by Gasteiger charge is -2.15. The number of methoxy groups -OCH3 is 2. The van der Waals surface area contributed by atoms with Crippen molar-refractivity contribution < 1.29 is 24.1 Å². The Hall–Kier alpha value is -2.66. The van der Waals surface area contributed by atoms with Crippen LogP contribution in [0, 0.1) is 0 Å². The third kappa shape index (κ3) is 4.92. The Morgan fingerprint density at radius 2 is 1.58 bits per heavy atom. The summed E-state index contributed by atoms with van der Waals surface area (Å²) < 4.78 is 21.7. The summed E-state index contributed by atoms with van der Waals surface area (Å²) in [6, 6.07) is 11.0. The number of rotatable bonds is 9. The molecule has 1 atom stereocenters. The van der Waals surface area contributed by atoms with Gasteiger partial charge in [-0.2, -0.15) is 0 Å². The van der Waals surface area contributed by atoms with Crippen LogP contribution in [0.3, 0.4) is 0 Å². The van der Waals surface area contributed by atoms with Crippen LogP contribution >= 0.6 is 0 Å². The molecule has 0 radical (unpaired) electrons. The minimum atomic E-state index is -0.820. The lowest BCUT2D eigenvalue weighted by Crippen LogP contribution is -2.02. The fourth-order valence-electron chi connectivity index (χ4n) is 2.55. The van der Waals surface area contributed by atoms with E-state index >= 15 is 0 Å². The molecule has 26 heavy (non-hydrogen) atoms. The van der Waals surface area contributed by atoms with Crippen LogP contribution in [0.15, 0.2) is 42.5 Å². The molecule has 2 aromatic carbocycles. The fraction of sp³-hybridized carbons (Fsp3) is 0.333. The standard InChI is InChI=1S/C21H26O5/c1-5-25-17-10-11-18(21(14-17)26-6-2)19(22)12-8-15-7-9-16(23-3)13-20(15)24-4/h7-14,19,22H,5-6H2,1-4H3. The van der Waals surface area contributed by atoms with Gasteiger partial charge in [0.1, 0.15) is 29.1 Å². The second kappa shape index (κ2) is 9.73. The summed E-state index contributed by atoms with van der Waals surface area (Å²) in [7, 11) is 3.21. The topological polar surface area (TPSA) is 57.2 Å². The smallest absolute Gasteiger partial charge is 0.129 e. The van der Waals surface area contributed by atoms with E-state index in [4.69, 9.17) is 18.9 Å². The van der Waals surface area contributed by atoms with E-state index < -0.39 is 6.10 Å². The van der Waals surface area contributed by atoms with Crippen LogP contribution in [0.2, 0.25) is 0 Å². The third-order valence-corrected chi connectivity index (χ3v) is 3.81. The SMILES string of the molecule is CCOc1ccc(C(O)C=Cc2ccc(OC)cc2OC)c(OCC)c1. The molecule has 1 N–H and O–H groups in total. The molecule has 0 saturated carbocycles. The highest BCUT2D eigenvalue weighted by atomic mass is 16.5. The van der Waals surface area contributed by atoms with Crippen molar-refractivity contribution in [1.29, 1.82) is 0 Å². The van der Waals surface area contributed by atoms with Crippen molar-refractivity contribution in [3.05, 3.63) is 53.6 Å². The van der Waals surface area contributed by atoms with E-state index in [-0.39, 0.29) is 0 Å². The van der Waals surface area contributed by atoms with E-state index in [1.165, 1.54) is 0 Å². The number of aliphatic hydroxyl groups excluding tert-OH is 1. The molecule has 0 aromatic heterocycles. The summed E-state index contributed by atoms with van der Waals surface area (Å²) in [5.41, 5.74) is 1.52. The highest BCUT2D eigenvalue weighted by Gasteiger charge is 2.13. The number of hydrogen-bond acceptors (Lipinski definition) is 5. The van der Waals surface area contributed by atoms with Gasteiger partial charge in [0, 0.05) is 23.3 Å². The molecule has 0 aliphatic heterocycles. The summed E-state index contributed by atoms with van der Waals surface area (Å²) in [6.45, 7) is 4.91. The maximum atomic E-state index is 10.6. The first-order valence-electron chi connectivity index (χ1n) is 8.60. The van der Waals surface area contributed by atoms with Crippen molar-refractivity contribution in [2.45, 2.75) is 20.0 Å². The second-order valence-corrected chi connectivity index (χ2v) is 5.48. The molecular weight excluding hydrogens is 332 g/mol. The van der Waals surface area contributed by atoms with Gasteiger partial charge >= 0.3 is 0 Å². The zero-order valence-electron chi connectivity index (χ0n) is 15.7. The summed E-state index contributed by atoms with van der Waals surface area (Å²) in [6.07, 6.45) is 2.69. The molecular formula is C21H26O5. The summed E-state index contributed by atoms with van der Waals surface area (Å²) >= 11 is 0. The van der Waals surface area contributed by atoms with Gasteiger partial charge in [0.15, 0.2) is 0 Å². The van der Waals surface area contributed by atoms with E-state index in [1.54, 1.807) is 32.4 Å². The Labute approximate surface area is 154 Å². The van der Waals surface area contributed by atoms with Gasteiger partial charge in [0.05, 0.1) is 27.4 Å². The molecule has 2 aromatic rings. The van der Waals surface area contributed by atoms with E-state index in [1.807, 2.05) is 44.2 Å². The molecule has 0 saturated heterocycles. The van der Waals surface area contributed by atoms with Gasteiger partial charge in [-0.25, -0.2) is 0 Å². The van der Waals surface area contributed by atoms with Crippen molar-refractivity contribution in [3.63, 3.8) is 0 Å². The number of benzene rings is 2. The Bertz CT molecular complexity index is 739. The molecule has 5 heteroatoms. The number of hydrogen-bond donors (Lipinski definition) is 1. The summed E-state index contributed by atoms with van der Waals surface area (Å²) in [4.78, 5) is 0. The molecule has 0 aliphatic carbocycles. The molecule has 0 amide bonds. The average molecular weight is 358 g/mol. The van der Waals surface area contributed by atoms with Crippen LogP contribution in [-0.2, 0) is 0 Å². The predicted octanol–water partition coefficient (Wildman–Crippen LogP) is 4.25. The first kappa shape index (κ1) is 19.7. The van der Waals surface area contributed by atoms with Gasteiger partial charge in [0.2, 0.25) is 0 Å². The van der Waals surface area contributed by atoms with Gasteiger partial charge in [-0.05, 0) is 38.1 Å². The van der Waals surface area contributed by atoms with Crippen molar-refractivity contribution in [2.24, 2.45) is 0 Å². The maximum absolute atomic E-state index is 10.6. The van der Waals surface area contributed by atoms with Crippen LogP contribution < -0.4 is 18.9 Å². The lowest BCUT2D eigenvalue weighted by atomic mass is 10.1. The number of aliphatic hydroxyl groups is 1. The van der Waals surface area contributed by atoms with Crippen LogP contribution in [0.25, 0.3) is 6.08 Å². The van der Waals surface area contributed by atoms with Gasteiger partial charge in [-0.15, -0.1) is 0 Å². The minimum Gasteiger partial charge on any atom is -0.497 e. The highest BCUT2D eigenvalue weighted by molar-refractivity contribution is 5.60. The van der Waals surface area contributed by atoms with Gasteiger partial charge in [-0.1, -0.05) is 12.2 Å². The predicted molar refractivity (Wildman–Crippen MR) is 102 cm³/mol. The Morgan fingerprint density at radius 3 is 2.23 bits per heavy atom. The Balaban J connectivity index is 2.26. The summed E-state index contributed by atoms with van der Waals surface area (Å²) in [5, 5.41) is 10.6. The third-order valence-electron chi connectivity index (χ3n) is 3.81. The van der Waals surface area contributed by atoms with Crippen molar-refractivity contribution in [1.82, 2.24) is 0 Å². The molecule has 1 unspecified atom stereocenters. The first-order valence-corrected chi connectivity index (χ1v) is 8.60. The van der Waals surface area contributed by atoms with Crippen LogP contribution in [-0.4, -0.2) is 32.5 Å². The zero-order chi connectivity index (χ0) is 18.9. The molecule has 140 valence electrons. The van der Waals surface area contributed by atoms with Crippen LogP contribution in [0.1, 0.15) is 31.1 Å². The lowest BCUT2D eigenvalue weighted by molar-refractivity contribution is 0.220. The monoisotopic (exact) mass is 358 g/mol. The highest BCUT2D eigenvalue weighted by Crippen LogP contribution is 2.32.